The van der Waals surface area contributed by atoms with Gasteiger partial charge in [0, 0.05) is 36.0 Å². The molecule has 22 heavy (non-hydrogen) atoms. The lowest BCUT2D eigenvalue weighted by molar-refractivity contribution is -0.121. The number of nitrogens with one attached hydrogen (secondary N) is 1. The highest BCUT2D eigenvalue weighted by Gasteiger charge is 2.09. The first-order chi connectivity index (χ1) is 10.0. The monoisotopic (exact) mass is 344 g/mol. The number of halogens is 2. The zero-order valence-corrected chi connectivity index (χ0v) is 13.7. The van der Waals surface area contributed by atoms with Crippen molar-refractivity contribution in [1.29, 1.82) is 0 Å². The van der Waals surface area contributed by atoms with Crippen molar-refractivity contribution < 1.29 is 9.32 Å². The molecule has 0 bridgehead atoms. The Morgan fingerprint density at radius 1 is 1.41 bits per heavy atom. The number of benzene rings is 1. The summed E-state index contributed by atoms with van der Waals surface area (Å²) in [5, 5.41) is 7.31. The number of carbonyl (C=O) groups is 1. The molecule has 120 valence electrons. The second-order valence-corrected chi connectivity index (χ2v) is 5.24. The van der Waals surface area contributed by atoms with Crippen LogP contribution in [-0.4, -0.2) is 28.6 Å². The van der Waals surface area contributed by atoms with Gasteiger partial charge in [-0.3, -0.25) is 4.79 Å². The van der Waals surface area contributed by atoms with Gasteiger partial charge in [-0.15, -0.1) is 12.4 Å². The lowest BCUT2D eigenvalue weighted by Gasteiger charge is -2.05. The zero-order chi connectivity index (χ0) is 15.2. The molecule has 0 spiro atoms. The van der Waals surface area contributed by atoms with Gasteiger partial charge in [-0.2, -0.15) is 4.98 Å². The lowest BCUT2D eigenvalue weighted by atomic mass is 10.2. The minimum atomic E-state index is -0.148. The Labute approximate surface area is 139 Å². The smallest absolute Gasteiger partial charge is 0.228 e. The van der Waals surface area contributed by atoms with E-state index in [2.05, 4.69) is 15.5 Å². The summed E-state index contributed by atoms with van der Waals surface area (Å²) in [6.07, 6.45) is 0.783. The van der Waals surface area contributed by atoms with Gasteiger partial charge >= 0.3 is 0 Å². The van der Waals surface area contributed by atoms with Crippen molar-refractivity contribution in [3.8, 4) is 11.4 Å². The fourth-order valence-corrected chi connectivity index (χ4v) is 1.87. The molecule has 0 saturated carbocycles. The number of rotatable bonds is 6. The fourth-order valence-electron chi connectivity index (χ4n) is 1.75. The van der Waals surface area contributed by atoms with Gasteiger partial charge in [0.1, 0.15) is 0 Å². The van der Waals surface area contributed by atoms with E-state index in [0.29, 0.717) is 36.1 Å². The maximum Gasteiger partial charge on any atom is 0.228 e. The molecule has 6 nitrogen and oxygen atoms in total. The number of amides is 1. The van der Waals surface area contributed by atoms with Gasteiger partial charge in [0.05, 0.1) is 0 Å². The van der Waals surface area contributed by atoms with E-state index in [1.165, 1.54) is 0 Å². The van der Waals surface area contributed by atoms with Crippen LogP contribution in [0.5, 0.6) is 0 Å². The predicted molar refractivity (Wildman–Crippen MR) is 87.0 cm³/mol. The van der Waals surface area contributed by atoms with Gasteiger partial charge in [0.2, 0.25) is 17.6 Å². The van der Waals surface area contributed by atoms with Crippen LogP contribution in [0, 0.1) is 0 Å². The molecule has 0 radical (unpaired) electrons. The number of nitrogens with two attached hydrogens (primary N) is 1. The molecule has 1 unspecified atom stereocenters. The third kappa shape index (κ3) is 5.63. The lowest BCUT2D eigenvalue weighted by Crippen LogP contribution is -2.31. The highest BCUT2D eigenvalue weighted by Crippen LogP contribution is 2.18. The van der Waals surface area contributed by atoms with Gasteiger partial charge in [0.15, 0.2) is 0 Å². The van der Waals surface area contributed by atoms with Crippen molar-refractivity contribution in [3.05, 3.63) is 35.2 Å². The Morgan fingerprint density at radius 3 is 2.73 bits per heavy atom. The molecule has 1 aromatic heterocycles. The fraction of sp³-hybridized carbons (Fsp3) is 0.357. The number of carbonyl (C=O) groups excluding carboxylic acids is 1. The first-order valence-corrected chi connectivity index (χ1v) is 7.03. The van der Waals surface area contributed by atoms with Crippen molar-refractivity contribution in [3.63, 3.8) is 0 Å². The molecule has 0 fully saturated rings. The summed E-state index contributed by atoms with van der Waals surface area (Å²) in [5.41, 5.74) is 6.37. The van der Waals surface area contributed by atoms with E-state index < -0.39 is 0 Å². The first kappa shape index (κ1) is 18.4. The van der Waals surface area contributed by atoms with E-state index >= 15 is 0 Å². The largest absolute Gasteiger partial charge is 0.356 e. The van der Waals surface area contributed by atoms with Gasteiger partial charge in [-0.1, -0.05) is 16.8 Å². The van der Waals surface area contributed by atoms with Crippen LogP contribution >= 0.6 is 24.0 Å². The van der Waals surface area contributed by atoms with Crippen molar-refractivity contribution >= 4 is 29.9 Å². The summed E-state index contributed by atoms with van der Waals surface area (Å²) in [6.45, 7) is 2.23. The molecule has 2 rings (SSSR count). The van der Waals surface area contributed by atoms with Crippen LogP contribution in [0.25, 0.3) is 11.4 Å². The molecule has 1 aromatic carbocycles. The molecular formula is C14H18Cl2N4O2. The molecule has 1 heterocycles. The van der Waals surface area contributed by atoms with Crippen LogP contribution in [0.1, 0.15) is 19.2 Å². The normalized spacial score (nSPS) is 11.6. The summed E-state index contributed by atoms with van der Waals surface area (Å²) in [4.78, 5) is 15.7. The quantitative estimate of drug-likeness (QED) is 0.837. The Kier molecular flexibility index (Phi) is 7.31. The Balaban J connectivity index is 0.00000242. The van der Waals surface area contributed by atoms with Gasteiger partial charge in [-0.05, 0) is 31.2 Å². The zero-order valence-electron chi connectivity index (χ0n) is 12.1. The van der Waals surface area contributed by atoms with E-state index in [4.69, 9.17) is 21.9 Å². The summed E-state index contributed by atoms with van der Waals surface area (Å²) < 4.78 is 5.14. The molecule has 0 saturated heterocycles. The minimum absolute atomic E-state index is 0. The average Bonchev–Trinajstić information content (AvgIpc) is 2.87. The van der Waals surface area contributed by atoms with Crippen molar-refractivity contribution in [2.45, 2.75) is 25.8 Å². The van der Waals surface area contributed by atoms with Crippen LogP contribution in [0.2, 0.25) is 5.02 Å². The van der Waals surface area contributed by atoms with Crippen LogP contribution in [0.3, 0.4) is 0 Å². The summed E-state index contributed by atoms with van der Waals surface area (Å²) in [6, 6.07) is 7.02. The minimum Gasteiger partial charge on any atom is -0.356 e. The maximum atomic E-state index is 11.4. The second-order valence-electron chi connectivity index (χ2n) is 4.80. The first-order valence-electron chi connectivity index (χ1n) is 6.65. The SMILES string of the molecule is CC(N)CC(=O)NCCc1nc(-c2ccc(Cl)cc2)no1.Cl. The number of hydrogen-bond donors (Lipinski definition) is 2. The third-order valence-electron chi connectivity index (χ3n) is 2.74. The maximum absolute atomic E-state index is 11.4. The van der Waals surface area contributed by atoms with E-state index in [0.717, 1.165) is 5.56 Å². The molecule has 1 amide bonds. The Hall–Kier alpha value is -1.63. The molecule has 1 atom stereocenters. The van der Waals surface area contributed by atoms with Crippen molar-refractivity contribution in [2.75, 3.05) is 6.54 Å². The van der Waals surface area contributed by atoms with Gasteiger partial charge in [0.25, 0.3) is 0 Å². The Morgan fingerprint density at radius 2 is 2.09 bits per heavy atom. The van der Waals surface area contributed by atoms with Crippen molar-refractivity contribution in [2.24, 2.45) is 5.73 Å². The van der Waals surface area contributed by atoms with Crippen LogP contribution < -0.4 is 11.1 Å². The molecular weight excluding hydrogens is 327 g/mol. The van der Waals surface area contributed by atoms with Gasteiger partial charge < -0.3 is 15.6 Å². The summed E-state index contributed by atoms with van der Waals surface area (Å²) in [5.74, 6) is 0.895. The number of nitrogens with zero attached hydrogens (tertiary/aromatic N) is 2. The molecule has 3 N–H and O–H groups in total. The Bertz CT molecular complexity index is 599. The molecule has 0 aliphatic rings. The van der Waals surface area contributed by atoms with Crippen LogP contribution in [-0.2, 0) is 11.2 Å². The van der Waals surface area contributed by atoms with E-state index in [9.17, 15) is 4.79 Å². The van der Waals surface area contributed by atoms with E-state index in [1.807, 2.05) is 12.1 Å². The molecule has 0 aliphatic carbocycles. The predicted octanol–water partition coefficient (Wildman–Crippen LogP) is 2.21. The topological polar surface area (TPSA) is 94.0 Å². The average molecular weight is 345 g/mol. The second kappa shape index (κ2) is 8.73. The highest BCUT2D eigenvalue weighted by atomic mass is 35.5. The van der Waals surface area contributed by atoms with Crippen molar-refractivity contribution in [1.82, 2.24) is 15.5 Å². The summed E-state index contributed by atoms with van der Waals surface area (Å²) in [7, 11) is 0. The highest BCUT2D eigenvalue weighted by molar-refractivity contribution is 6.30. The van der Waals surface area contributed by atoms with E-state index in [-0.39, 0.29) is 24.4 Å². The molecule has 2 aromatic rings. The van der Waals surface area contributed by atoms with Gasteiger partial charge in [-0.25, -0.2) is 0 Å². The molecule has 0 aliphatic heterocycles. The van der Waals surface area contributed by atoms with Crippen LogP contribution in [0.15, 0.2) is 28.8 Å². The van der Waals surface area contributed by atoms with E-state index in [1.54, 1.807) is 19.1 Å². The van der Waals surface area contributed by atoms with Crippen LogP contribution in [0.4, 0.5) is 0 Å². The summed E-state index contributed by atoms with van der Waals surface area (Å²) >= 11 is 5.83. The molecule has 8 heteroatoms. The standard InChI is InChI=1S/C14H17ClN4O2.ClH/c1-9(16)8-12(20)17-7-6-13-18-14(19-21-13)10-2-4-11(15)5-3-10;/h2-5,9H,6-8,16H2,1H3,(H,17,20);1H. The number of aromatic nitrogens is 2. The third-order valence-corrected chi connectivity index (χ3v) is 2.99. The number of hydrogen-bond acceptors (Lipinski definition) is 5.